The van der Waals surface area contributed by atoms with Gasteiger partial charge in [0.15, 0.2) is 0 Å². The molecule has 1 aliphatic heterocycles. The van der Waals surface area contributed by atoms with Crippen LogP contribution in [0.2, 0.25) is 0 Å². The molecule has 0 aromatic rings. The van der Waals surface area contributed by atoms with E-state index < -0.39 is 0 Å². The van der Waals surface area contributed by atoms with E-state index in [1.165, 1.54) is 18.4 Å². The molecule has 32 heavy (non-hydrogen) atoms. The minimum absolute atomic E-state index is 0.0296. The number of hydrogen-bond acceptors (Lipinski definition) is 5. The second-order valence-electron chi connectivity index (χ2n) is 11.9. The highest BCUT2D eigenvalue weighted by molar-refractivity contribution is 5.77. The lowest BCUT2D eigenvalue weighted by molar-refractivity contribution is -0.164. The van der Waals surface area contributed by atoms with Gasteiger partial charge in [-0.2, -0.15) is 0 Å². The first-order valence-corrected chi connectivity index (χ1v) is 12.8. The van der Waals surface area contributed by atoms with Gasteiger partial charge in [-0.25, -0.2) is 0 Å². The van der Waals surface area contributed by atoms with Crippen LogP contribution >= 0.6 is 0 Å². The van der Waals surface area contributed by atoms with Crippen LogP contribution < -0.4 is 0 Å². The lowest BCUT2D eigenvalue weighted by atomic mass is 9.55. The van der Waals surface area contributed by atoms with Gasteiger partial charge in [0.25, 0.3) is 0 Å². The third-order valence-corrected chi connectivity index (χ3v) is 9.32. The molecule has 2 saturated carbocycles. The van der Waals surface area contributed by atoms with Gasteiger partial charge in [0.2, 0.25) is 0 Å². The SMILES string of the molecule is COCO[C@H]1CC[C@]2(C)C3=C(OC(=O)[C@H]2C1)[C@@H]1CC[C@H]([C@H](C)COCC(C)C)[C@@]1(C)CC3. The molecular formula is C27H44O5. The summed E-state index contributed by atoms with van der Waals surface area (Å²) in [4.78, 5) is 13.3. The van der Waals surface area contributed by atoms with E-state index in [0.717, 1.165) is 51.1 Å². The van der Waals surface area contributed by atoms with Gasteiger partial charge >= 0.3 is 5.97 Å². The highest BCUT2D eigenvalue weighted by Crippen LogP contribution is 2.64. The summed E-state index contributed by atoms with van der Waals surface area (Å²) in [5.41, 5.74) is 1.56. The molecule has 5 heteroatoms. The van der Waals surface area contributed by atoms with Crippen molar-refractivity contribution in [1.82, 2.24) is 0 Å². The first kappa shape index (κ1) is 24.2. The average molecular weight is 449 g/mol. The number of carbonyl (C=O) groups excluding carboxylic acids is 1. The molecule has 4 rings (SSSR count). The van der Waals surface area contributed by atoms with Crippen molar-refractivity contribution in [2.24, 2.45) is 40.4 Å². The van der Waals surface area contributed by atoms with Gasteiger partial charge in [0.1, 0.15) is 12.6 Å². The van der Waals surface area contributed by atoms with Crippen molar-refractivity contribution >= 4 is 5.97 Å². The molecule has 0 unspecified atom stereocenters. The standard InChI is InChI=1S/C27H44O5/c1-17(2)14-30-15-18(3)20-7-8-21-24-22(10-12-26(20,21)4)27(5)11-9-19(31-16-29-6)13-23(27)25(28)32-24/h17-21,23H,7-16H2,1-6H3/t18-,19+,20-,21+,23-,26-,27-/m1/s1. The molecule has 5 nitrogen and oxygen atoms in total. The molecule has 0 radical (unpaired) electrons. The van der Waals surface area contributed by atoms with E-state index in [2.05, 4.69) is 34.6 Å². The van der Waals surface area contributed by atoms with Crippen molar-refractivity contribution in [3.8, 4) is 0 Å². The fraction of sp³-hybridized carbons (Fsp3) is 0.889. The number of carbonyl (C=O) groups is 1. The number of esters is 1. The smallest absolute Gasteiger partial charge is 0.315 e. The molecular weight excluding hydrogens is 404 g/mol. The highest BCUT2D eigenvalue weighted by Gasteiger charge is 2.59. The molecule has 0 aromatic carbocycles. The number of allylic oxidation sites excluding steroid dienone is 2. The zero-order valence-corrected chi connectivity index (χ0v) is 21.1. The second-order valence-corrected chi connectivity index (χ2v) is 11.9. The Morgan fingerprint density at radius 2 is 1.84 bits per heavy atom. The van der Waals surface area contributed by atoms with Crippen molar-refractivity contribution in [3.63, 3.8) is 0 Å². The summed E-state index contributed by atoms with van der Waals surface area (Å²) in [6, 6.07) is 0. The third-order valence-electron chi connectivity index (χ3n) is 9.32. The van der Waals surface area contributed by atoms with E-state index in [-0.39, 0.29) is 35.6 Å². The molecule has 7 atom stereocenters. The monoisotopic (exact) mass is 448 g/mol. The van der Waals surface area contributed by atoms with E-state index in [4.69, 9.17) is 18.9 Å². The molecule has 182 valence electrons. The van der Waals surface area contributed by atoms with Crippen LogP contribution in [-0.2, 0) is 23.7 Å². The fourth-order valence-corrected chi connectivity index (χ4v) is 7.51. The van der Waals surface area contributed by atoms with Crippen LogP contribution in [-0.4, -0.2) is 39.2 Å². The number of rotatable bonds is 8. The summed E-state index contributed by atoms with van der Waals surface area (Å²) < 4.78 is 23.2. The minimum Gasteiger partial charge on any atom is -0.431 e. The Kier molecular flexibility index (Phi) is 7.10. The number of methoxy groups -OCH3 is 1. The Morgan fingerprint density at radius 3 is 2.56 bits per heavy atom. The van der Waals surface area contributed by atoms with Gasteiger partial charge in [-0.3, -0.25) is 4.79 Å². The van der Waals surface area contributed by atoms with Crippen LogP contribution in [0.1, 0.15) is 79.6 Å². The largest absolute Gasteiger partial charge is 0.431 e. The Morgan fingerprint density at radius 1 is 1.06 bits per heavy atom. The summed E-state index contributed by atoms with van der Waals surface area (Å²) in [5, 5.41) is 0. The van der Waals surface area contributed by atoms with Crippen molar-refractivity contribution < 1.29 is 23.7 Å². The Labute approximate surface area is 194 Å². The summed E-state index contributed by atoms with van der Waals surface area (Å²) in [6.45, 7) is 13.5. The highest BCUT2D eigenvalue weighted by atomic mass is 16.7. The van der Waals surface area contributed by atoms with E-state index in [1.807, 2.05) is 0 Å². The van der Waals surface area contributed by atoms with Crippen LogP contribution in [0.4, 0.5) is 0 Å². The van der Waals surface area contributed by atoms with Crippen LogP contribution in [0.3, 0.4) is 0 Å². The number of fused-ring (bicyclic) bond motifs is 4. The lowest BCUT2D eigenvalue weighted by Crippen LogP contribution is -2.50. The van der Waals surface area contributed by atoms with Gasteiger partial charge < -0.3 is 18.9 Å². The predicted octanol–water partition coefficient (Wildman–Crippen LogP) is 5.73. The molecule has 0 saturated heterocycles. The number of hydrogen-bond donors (Lipinski definition) is 0. The van der Waals surface area contributed by atoms with Crippen LogP contribution in [0.15, 0.2) is 11.3 Å². The zero-order valence-electron chi connectivity index (χ0n) is 21.1. The van der Waals surface area contributed by atoms with E-state index in [0.29, 0.717) is 23.7 Å². The van der Waals surface area contributed by atoms with E-state index >= 15 is 0 Å². The normalized spacial score (nSPS) is 40.0. The Hall–Kier alpha value is -0.910. The molecule has 0 amide bonds. The second kappa shape index (κ2) is 9.38. The maximum atomic E-state index is 13.3. The molecule has 4 aliphatic rings. The third kappa shape index (κ3) is 4.18. The zero-order chi connectivity index (χ0) is 23.1. The summed E-state index contributed by atoms with van der Waals surface area (Å²) in [6.07, 6.45) is 7.38. The van der Waals surface area contributed by atoms with Crippen LogP contribution in [0.5, 0.6) is 0 Å². The fourth-order valence-electron chi connectivity index (χ4n) is 7.51. The van der Waals surface area contributed by atoms with Gasteiger partial charge in [0, 0.05) is 31.7 Å². The maximum Gasteiger partial charge on any atom is 0.315 e. The van der Waals surface area contributed by atoms with Crippen molar-refractivity contribution in [2.75, 3.05) is 27.1 Å². The van der Waals surface area contributed by atoms with Crippen LogP contribution in [0.25, 0.3) is 0 Å². The average Bonchev–Trinajstić information content (AvgIpc) is 3.10. The van der Waals surface area contributed by atoms with Crippen molar-refractivity contribution in [3.05, 3.63) is 11.3 Å². The first-order valence-electron chi connectivity index (χ1n) is 12.8. The van der Waals surface area contributed by atoms with Crippen LogP contribution in [0, 0.1) is 40.4 Å². The Bertz CT molecular complexity index is 730. The van der Waals surface area contributed by atoms with E-state index in [1.54, 1.807) is 7.11 Å². The van der Waals surface area contributed by atoms with E-state index in [9.17, 15) is 4.79 Å². The topological polar surface area (TPSA) is 54.0 Å². The molecule has 2 fully saturated rings. The maximum absolute atomic E-state index is 13.3. The minimum atomic E-state index is -0.0956. The lowest BCUT2D eigenvalue weighted by Gasteiger charge is -2.53. The Balaban J connectivity index is 1.52. The summed E-state index contributed by atoms with van der Waals surface area (Å²) in [7, 11) is 1.64. The number of ether oxygens (including phenoxy) is 4. The molecule has 0 aromatic heterocycles. The first-order chi connectivity index (χ1) is 15.2. The summed E-state index contributed by atoms with van der Waals surface area (Å²) in [5.74, 6) is 3.02. The predicted molar refractivity (Wildman–Crippen MR) is 124 cm³/mol. The summed E-state index contributed by atoms with van der Waals surface area (Å²) >= 11 is 0. The van der Waals surface area contributed by atoms with Gasteiger partial charge in [-0.05, 0) is 73.7 Å². The van der Waals surface area contributed by atoms with Gasteiger partial charge in [-0.1, -0.05) is 34.6 Å². The molecule has 0 bridgehead atoms. The molecule has 3 aliphatic carbocycles. The van der Waals surface area contributed by atoms with Crippen molar-refractivity contribution in [2.45, 2.75) is 85.7 Å². The quantitative estimate of drug-likeness (QED) is 0.351. The van der Waals surface area contributed by atoms with Gasteiger partial charge in [-0.15, -0.1) is 0 Å². The van der Waals surface area contributed by atoms with Crippen molar-refractivity contribution in [1.29, 1.82) is 0 Å². The molecule has 0 N–H and O–H groups in total. The molecule has 1 heterocycles. The van der Waals surface area contributed by atoms with Gasteiger partial charge in [0.05, 0.1) is 12.0 Å². The molecule has 0 spiro atoms.